The lowest BCUT2D eigenvalue weighted by Gasteiger charge is -2.10. The second-order valence-electron chi connectivity index (χ2n) is 4.01. The summed E-state index contributed by atoms with van der Waals surface area (Å²) in [6.07, 6.45) is 0. The topological polar surface area (TPSA) is 78.9 Å². The molecular weight excluding hydrogens is 386 g/mol. The van der Waals surface area contributed by atoms with E-state index < -0.39 is 0 Å². The van der Waals surface area contributed by atoms with Crippen LogP contribution in [0.4, 0.5) is 11.4 Å². The fourth-order valence-electron chi connectivity index (χ4n) is 1.63. The molecule has 0 heterocycles. The van der Waals surface area contributed by atoms with Crippen LogP contribution in [0.3, 0.4) is 0 Å². The van der Waals surface area contributed by atoms with Crippen molar-refractivity contribution in [1.29, 1.82) is 5.26 Å². The normalized spacial score (nSPS) is 9.85. The van der Waals surface area contributed by atoms with Crippen molar-refractivity contribution >= 4 is 49.1 Å². The number of halogens is 2. The van der Waals surface area contributed by atoms with Crippen LogP contribution in [-0.2, 0) is 0 Å². The van der Waals surface area contributed by atoms with Gasteiger partial charge in [-0.25, -0.2) is 0 Å². The number of nitrogens with one attached hydrogen (secondary N) is 1. The maximum atomic E-state index is 12.2. The lowest BCUT2D eigenvalue weighted by molar-refractivity contribution is 0.102. The van der Waals surface area contributed by atoms with Gasteiger partial charge in [0.1, 0.15) is 0 Å². The molecule has 0 unspecified atom stereocenters. The number of nitrogen functional groups attached to an aromatic ring is 1. The number of amides is 1. The molecule has 2 rings (SSSR count). The van der Waals surface area contributed by atoms with Gasteiger partial charge >= 0.3 is 0 Å². The minimum Gasteiger partial charge on any atom is -0.399 e. The van der Waals surface area contributed by atoms with E-state index in [0.29, 0.717) is 31.4 Å². The Labute approximate surface area is 132 Å². The monoisotopic (exact) mass is 393 g/mol. The molecule has 0 saturated heterocycles. The third-order valence-electron chi connectivity index (χ3n) is 2.56. The number of carbonyl (C=O) groups is 1. The third-order valence-corrected chi connectivity index (χ3v) is 3.81. The smallest absolute Gasteiger partial charge is 0.255 e. The Morgan fingerprint density at radius 1 is 1.20 bits per heavy atom. The fourth-order valence-corrected chi connectivity index (χ4v) is 3.05. The van der Waals surface area contributed by atoms with Gasteiger partial charge in [-0.05, 0) is 62.2 Å². The highest BCUT2D eigenvalue weighted by atomic mass is 79.9. The number of nitriles is 1. The van der Waals surface area contributed by atoms with Gasteiger partial charge in [0.2, 0.25) is 0 Å². The number of carbonyl (C=O) groups excluding carboxylic acids is 1. The van der Waals surface area contributed by atoms with E-state index in [2.05, 4.69) is 37.2 Å². The van der Waals surface area contributed by atoms with Crippen molar-refractivity contribution in [2.45, 2.75) is 0 Å². The molecule has 0 fully saturated rings. The number of nitrogens with zero attached hydrogens (tertiary/aromatic N) is 1. The van der Waals surface area contributed by atoms with Gasteiger partial charge in [-0.3, -0.25) is 4.79 Å². The Morgan fingerprint density at radius 2 is 1.85 bits per heavy atom. The van der Waals surface area contributed by atoms with Gasteiger partial charge in [-0.1, -0.05) is 6.07 Å². The largest absolute Gasteiger partial charge is 0.399 e. The number of nitrogens with two attached hydrogens (primary N) is 1. The van der Waals surface area contributed by atoms with E-state index in [1.807, 2.05) is 6.07 Å². The number of rotatable bonds is 2. The van der Waals surface area contributed by atoms with Gasteiger partial charge in [0.15, 0.2) is 0 Å². The van der Waals surface area contributed by atoms with Crippen LogP contribution in [0.25, 0.3) is 0 Å². The molecule has 0 spiro atoms. The zero-order valence-electron chi connectivity index (χ0n) is 10.2. The molecule has 0 atom stereocenters. The number of hydrogen-bond donors (Lipinski definition) is 2. The first-order chi connectivity index (χ1) is 9.51. The van der Waals surface area contributed by atoms with Crippen molar-refractivity contribution in [3.05, 3.63) is 56.5 Å². The Balaban J connectivity index is 2.31. The predicted molar refractivity (Wildman–Crippen MR) is 85.4 cm³/mol. The first-order valence-corrected chi connectivity index (χ1v) is 7.16. The molecule has 1 amide bonds. The summed E-state index contributed by atoms with van der Waals surface area (Å²) in [5.41, 5.74) is 7.72. The Bertz CT molecular complexity index is 700. The highest BCUT2D eigenvalue weighted by Crippen LogP contribution is 2.33. The highest BCUT2D eigenvalue weighted by Gasteiger charge is 2.12. The summed E-state index contributed by atoms with van der Waals surface area (Å²) >= 11 is 6.70. The number of benzene rings is 2. The van der Waals surface area contributed by atoms with Crippen LogP contribution in [0, 0.1) is 11.3 Å². The lowest BCUT2D eigenvalue weighted by atomic mass is 10.1. The van der Waals surface area contributed by atoms with Crippen molar-refractivity contribution in [3.8, 4) is 6.07 Å². The van der Waals surface area contributed by atoms with Crippen LogP contribution in [0.5, 0.6) is 0 Å². The van der Waals surface area contributed by atoms with Crippen molar-refractivity contribution in [1.82, 2.24) is 0 Å². The van der Waals surface area contributed by atoms with Crippen LogP contribution < -0.4 is 11.1 Å². The van der Waals surface area contributed by atoms with Gasteiger partial charge in [0, 0.05) is 20.2 Å². The summed E-state index contributed by atoms with van der Waals surface area (Å²) in [5.74, 6) is -0.298. The minimum atomic E-state index is -0.298. The molecule has 20 heavy (non-hydrogen) atoms. The maximum absolute atomic E-state index is 12.2. The maximum Gasteiger partial charge on any atom is 0.255 e. The molecule has 0 aliphatic heterocycles. The van der Waals surface area contributed by atoms with E-state index in [1.165, 1.54) is 6.07 Å². The van der Waals surface area contributed by atoms with Crippen LogP contribution in [0.2, 0.25) is 0 Å². The third kappa shape index (κ3) is 3.18. The molecule has 6 heteroatoms. The summed E-state index contributed by atoms with van der Waals surface area (Å²) in [5, 5.41) is 11.6. The second-order valence-corrected chi connectivity index (χ2v) is 5.71. The van der Waals surface area contributed by atoms with E-state index >= 15 is 0 Å². The Kier molecular flexibility index (Phi) is 4.42. The van der Waals surface area contributed by atoms with Gasteiger partial charge in [0.25, 0.3) is 5.91 Å². The van der Waals surface area contributed by atoms with Gasteiger partial charge in [-0.2, -0.15) is 5.26 Å². The van der Waals surface area contributed by atoms with Gasteiger partial charge in [0.05, 0.1) is 17.3 Å². The van der Waals surface area contributed by atoms with Crippen molar-refractivity contribution in [3.63, 3.8) is 0 Å². The summed E-state index contributed by atoms with van der Waals surface area (Å²) in [6, 6.07) is 11.9. The molecule has 3 N–H and O–H groups in total. The van der Waals surface area contributed by atoms with Gasteiger partial charge in [-0.15, -0.1) is 0 Å². The van der Waals surface area contributed by atoms with E-state index in [-0.39, 0.29) is 5.91 Å². The first-order valence-electron chi connectivity index (χ1n) is 5.57. The lowest BCUT2D eigenvalue weighted by Crippen LogP contribution is -2.13. The molecule has 0 bridgehead atoms. The summed E-state index contributed by atoms with van der Waals surface area (Å²) in [4.78, 5) is 12.2. The van der Waals surface area contributed by atoms with Crippen LogP contribution >= 0.6 is 31.9 Å². The minimum absolute atomic E-state index is 0.298. The molecule has 0 aliphatic rings. The average molecular weight is 395 g/mol. The molecule has 100 valence electrons. The number of hydrogen-bond acceptors (Lipinski definition) is 3. The highest BCUT2D eigenvalue weighted by molar-refractivity contribution is 9.11. The van der Waals surface area contributed by atoms with E-state index in [9.17, 15) is 4.79 Å². The zero-order chi connectivity index (χ0) is 14.7. The molecule has 0 radical (unpaired) electrons. The van der Waals surface area contributed by atoms with Gasteiger partial charge < -0.3 is 11.1 Å². The SMILES string of the molecule is N#Cc1cccc(C(=O)Nc2c(Br)cc(N)cc2Br)c1. The first kappa shape index (κ1) is 14.6. The quantitative estimate of drug-likeness (QED) is 0.757. The van der Waals surface area contributed by atoms with E-state index in [1.54, 1.807) is 30.3 Å². The molecule has 0 aliphatic carbocycles. The average Bonchev–Trinajstić information content (AvgIpc) is 2.42. The van der Waals surface area contributed by atoms with E-state index in [0.717, 1.165) is 0 Å². The molecule has 2 aromatic rings. The zero-order valence-corrected chi connectivity index (χ0v) is 13.3. The molecular formula is C14H9Br2N3O. The molecule has 0 saturated carbocycles. The van der Waals surface area contributed by atoms with Crippen molar-refractivity contribution in [2.24, 2.45) is 0 Å². The van der Waals surface area contributed by atoms with E-state index in [4.69, 9.17) is 11.0 Å². The Morgan fingerprint density at radius 3 is 2.45 bits per heavy atom. The standard InChI is InChI=1S/C14H9Br2N3O/c15-11-5-10(18)6-12(16)13(11)19-14(20)9-3-1-2-8(4-9)7-17/h1-6H,18H2,(H,19,20). The van der Waals surface area contributed by atoms with Crippen LogP contribution in [0.15, 0.2) is 45.3 Å². The second kappa shape index (κ2) is 6.07. The fraction of sp³-hybridized carbons (Fsp3) is 0. The molecule has 0 aromatic heterocycles. The summed E-state index contributed by atoms with van der Waals surface area (Å²) < 4.78 is 1.35. The van der Waals surface area contributed by atoms with Crippen LogP contribution in [0.1, 0.15) is 15.9 Å². The molecule has 4 nitrogen and oxygen atoms in total. The predicted octanol–water partition coefficient (Wildman–Crippen LogP) is 3.92. The summed E-state index contributed by atoms with van der Waals surface area (Å²) in [7, 11) is 0. The number of anilines is 2. The molecule has 2 aromatic carbocycles. The Hall–Kier alpha value is -1.84. The van der Waals surface area contributed by atoms with Crippen LogP contribution in [-0.4, -0.2) is 5.91 Å². The summed E-state index contributed by atoms with van der Waals surface area (Å²) in [6.45, 7) is 0. The van der Waals surface area contributed by atoms with Crippen molar-refractivity contribution in [2.75, 3.05) is 11.1 Å². The van der Waals surface area contributed by atoms with Crippen molar-refractivity contribution < 1.29 is 4.79 Å².